The Morgan fingerprint density at radius 2 is 2.16 bits per heavy atom. The Morgan fingerprint density at radius 3 is 2.74 bits per heavy atom. The topological polar surface area (TPSA) is 95.7 Å². The van der Waals surface area contributed by atoms with E-state index in [0.29, 0.717) is 18.4 Å². The minimum absolute atomic E-state index is 0.190. The van der Waals surface area contributed by atoms with Crippen LogP contribution in [0.3, 0.4) is 0 Å². The van der Waals surface area contributed by atoms with Crippen molar-refractivity contribution in [2.75, 3.05) is 26.2 Å². The molecule has 19 heavy (non-hydrogen) atoms. The van der Waals surface area contributed by atoms with E-state index in [9.17, 15) is 9.59 Å². The van der Waals surface area contributed by atoms with Gasteiger partial charge in [0.05, 0.1) is 6.54 Å². The van der Waals surface area contributed by atoms with Crippen molar-refractivity contribution in [2.24, 2.45) is 11.7 Å². The van der Waals surface area contributed by atoms with Gasteiger partial charge in [-0.1, -0.05) is 6.92 Å². The van der Waals surface area contributed by atoms with Gasteiger partial charge < -0.3 is 16.2 Å². The van der Waals surface area contributed by atoms with E-state index in [-0.39, 0.29) is 18.9 Å². The first kappa shape index (κ1) is 15.9. The lowest BCUT2D eigenvalue weighted by Crippen LogP contribution is -2.51. The summed E-state index contributed by atoms with van der Waals surface area (Å²) in [5.41, 5.74) is 5.24. The van der Waals surface area contributed by atoms with Crippen LogP contribution in [0, 0.1) is 5.92 Å². The van der Waals surface area contributed by atoms with Crippen LogP contribution >= 0.6 is 0 Å². The molecule has 6 heteroatoms. The molecule has 2 atom stereocenters. The molecule has 1 aliphatic heterocycles. The van der Waals surface area contributed by atoms with Crippen LogP contribution < -0.4 is 11.1 Å². The zero-order chi connectivity index (χ0) is 14.3. The molecule has 0 aromatic carbocycles. The number of piperidine rings is 1. The largest absolute Gasteiger partial charge is 0.481 e. The molecule has 110 valence electrons. The number of nitrogens with two attached hydrogens (primary N) is 1. The van der Waals surface area contributed by atoms with E-state index < -0.39 is 5.97 Å². The van der Waals surface area contributed by atoms with Crippen LogP contribution in [-0.2, 0) is 9.59 Å². The van der Waals surface area contributed by atoms with Crippen LogP contribution in [0.5, 0.6) is 0 Å². The molecular weight excluding hydrogens is 246 g/mol. The van der Waals surface area contributed by atoms with Gasteiger partial charge in [-0.25, -0.2) is 0 Å². The molecule has 1 fully saturated rings. The van der Waals surface area contributed by atoms with Gasteiger partial charge in [0.25, 0.3) is 0 Å². The zero-order valence-electron chi connectivity index (χ0n) is 11.6. The third-order valence-corrected chi connectivity index (χ3v) is 3.44. The molecule has 2 unspecified atom stereocenters. The third kappa shape index (κ3) is 6.54. The Morgan fingerprint density at radius 1 is 1.42 bits per heavy atom. The van der Waals surface area contributed by atoms with Crippen LogP contribution in [0.15, 0.2) is 0 Å². The fraction of sp³-hybridized carbons (Fsp3) is 0.846. The van der Waals surface area contributed by atoms with Gasteiger partial charge in [-0.15, -0.1) is 0 Å². The Labute approximate surface area is 114 Å². The van der Waals surface area contributed by atoms with Crippen LogP contribution in [0.25, 0.3) is 0 Å². The molecule has 1 aliphatic rings. The van der Waals surface area contributed by atoms with Gasteiger partial charge in [-0.05, 0) is 31.7 Å². The second-order valence-corrected chi connectivity index (χ2v) is 5.35. The number of carboxylic acid groups (broad SMARTS) is 1. The highest BCUT2D eigenvalue weighted by Crippen LogP contribution is 2.21. The van der Waals surface area contributed by atoms with Gasteiger partial charge in [-0.3, -0.25) is 14.5 Å². The van der Waals surface area contributed by atoms with Gasteiger partial charge in [0.1, 0.15) is 0 Å². The molecule has 1 amide bonds. The number of carbonyl (C=O) groups excluding carboxylic acids is 1. The molecule has 4 N–H and O–H groups in total. The number of nitrogens with one attached hydrogen (secondary N) is 1. The van der Waals surface area contributed by atoms with Crippen LogP contribution in [0.2, 0.25) is 0 Å². The Bertz CT molecular complexity index is 310. The Kier molecular flexibility index (Phi) is 6.80. The van der Waals surface area contributed by atoms with E-state index in [4.69, 9.17) is 10.8 Å². The van der Waals surface area contributed by atoms with Crippen molar-refractivity contribution in [3.05, 3.63) is 0 Å². The molecule has 6 nitrogen and oxygen atoms in total. The zero-order valence-corrected chi connectivity index (χ0v) is 11.6. The van der Waals surface area contributed by atoms with Crippen LogP contribution in [-0.4, -0.2) is 54.1 Å². The fourth-order valence-electron chi connectivity index (χ4n) is 2.69. The highest BCUT2D eigenvalue weighted by Gasteiger charge is 2.27. The van der Waals surface area contributed by atoms with E-state index in [1.54, 1.807) is 0 Å². The number of likely N-dealkylation sites (tertiary alicyclic amines) is 1. The number of primary amides is 1. The molecule has 0 spiro atoms. The molecule has 1 saturated heterocycles. The highest BCUT2D eigenvalue weighted by atomic mass is 16.4. The monoisotopic (exact) mass is 271 g/mol. The number of carbonyl (C=O) groups is 2. The van der Waals surface area contributed by atoms with Gasteiger partial charge >= 0.3 is 5.97 Å². The van der Waals surface area contributed by atoms with Crippen molar-refractivity contribution in [1.29, 1.82) is 0 Å². The number of hydrogen-bond acceptors (Lipinski definition) is 4. The molecular formula is C13H25N3O3. The molecule has 0 aromatic rings. The van der Waals surface area contributed by atoms with Gasteiger partial charge in [-0.2, -0.15) is 0 Å². The minimum Gasteiger partial charge on any atom is -0.481 e. The Balaban J connectivity index is 2.50. The predicted octanol–water partition coefficient (Wildman–Crippen LogP) is 0.0266. The summed E-state index contributed by atoms with van der Waals surface area (Å²) in [7, 11) is 0. The summed E-state index contributed by atoms with van der Waals surface area (Å²) in [4.78, 5) is 23.7. The number of hydrogen-bond donors (Lipinski definition) is 3. The molecule has 0 bridgehead atoms. The minimum atomic E-state index is -0.759. The quantitative estimate of drug-likeness (QED) is 0.579. The van der Waals surface area contributed by atoms with Crippen molar-refractivity contribution >= 4 is 11.9 Å². The van der Waals surface area contributed by atoms with Gasteiger partial charge in [0.2, 0.25) is 5.91 Å². The van der Waals surface area contributed by atoms with E-state index in [1.807, 2.05) is 4.90 Å². The normalized spacial score (nSPS) is 24.3. The number of aliphatic carboxylic acids is 1. The number of amides is 1. The molecule has 0 aromatic heterocycles. The second kappa shape index (κ2) is 8.12. The van der Waals surface area contributed by atoms with Gasteiger partial charge in [0, 0.05) is 25.6 Å². The molecule has 1 rings (SSSR count). The number of rotatable bonds is 8. The van der Waals surface area contributed by atoms with E-state index in [1.165, 1.54) is 0 Å². The lowest BCUT2D eigenvalue weighted by molar-refractivity contribution is -0.137. The van der Waals surface area contributed by atoms with E-state index in [0.717, 1.165) is 32.5 Å². The standard InChI is InChI=1S/C13H25N3O3/c1-2-5-15-11-6-10(3-4-13(18)19)7-16(8-11)9-12(14)17/h10-11,15H,2-9H2,1H3,(H2,14,17)(H,18,19). The van der Waals surface area contributed by atoms with Crippen molar-refractivity contribution in [1.82, 2.24) is 10.2 Å². The first-order chi connectivity index (χ1) is 9.01. The molecule has 0 saturated carbocycles. The third-order valence-electron chi connectivity index (χ3n) is 3.44. The SMILES string of the molecule is CCCNC1CC(CCC(=O)O)CN(CC(N)=O)C1. The molecule has 0 radical (unpaired) electrons. The molecule has 1 heterocycles. The molecule has 0 aliphatic carbocycles. The smallest absolute Gasteiger partial charge is 0.303 e. The van der Waals surface area contributed by atoms with Crippen molar-refractivity contribution < 1.29 is 14.7 Å². The number of carboxylic acids is 1. The summed E-state index contributed by atoms with van der Waals surface area (Å²) in [6.07, 6.45) is 2.89. The summed E-state index contributed by atoms with van der Waals surface area (Å²) in [6.45, 7) is 4.89. The first-order valence-electron chi connectivity index (χ1n) is 6.97. The maximum atomic E-state index is 11.0. The van der Waals surface area contributed by atoms with Gasteiger partial charge in [0.15, 0.2) is 0 Å². The second-order valence-electron chi connectivity index (χ2n) is 5.35. The maximum absolute atomic E-state index is 11.0. The average Bonchev–Trinajstić information content (AvgIpc) is 2.33. The van der Waals surface area contributed by atoms with Crippen LogP contribution in [0.1, 0.15) is 32.6 Å². The first-order valence-corrected chi connectivity index (χ1v) is 6.97. The lowest BCUT2D eigenvalue weighted by atomic mass is 9.90. The van der Waals surface area contributed by atoms with Crippen molar-refractivity contribution in [3.63, 3.8) is 0 Å². The summed E-state index contributed by atoms with van der Waals surface area (Å²) in [5, 5.41) is 12.2. The maximum Gasteiger partial charge on any atom is 0.303 e. The van der Waals surface area contributed by atoms with E-state index in [2.05, 4.69) is 12.2 Å². The summed E-state index contributed by atoms with van der Waals surface area (Å²) < 4.78 is 0. The van der Waals surface area contributed by atoms with Crippen molar-refractivity contribution in [3.8, 4) is 0 Å². The average molecular weight is 271 g/mol. The predicted molar refractivity (Wildman–Crippen MR) is 72.7 cm³/mol. The van der Waals surface area contributed by atoms with Crippen LogP contribution in [0.4, 0.5) is 0 Å². The van der Waals surface area contributed by atoms with Crippen molar-refractivity contribution in [2.45, 2.75) is 38.6 Å². The lowest BCUT2D eigenvalue weighted by Gasteiger charge is -2.37. The highest BCUT2D eigenvalue weighted by molar-refractivity contribution is 5.75. The number of nitrogens with zero attached hydrogens (tertiary/aromatic N) is 1. The Hall–Kier alpha value is -1.14. The summed E-state index contributed by atoms with van der Waals surface area (Å²) in [6, 6.07) is 0.326. The summed E-state index contributed by atoms with van der Waals surface area (Å²) in [5.74, 6) is -0.767. The van der Waals surface area contributed by atoms with E-state index >= 15 is 0 Å². The summed E-state index contributed by atoms with van der Waals surface area (Å²) >= 11 is 0. The fourth-order valence-corrected chi connectivity index (χ4v) is 2.69.